The Labute approximate surface area is 115 Å². The van der Waals surface area contributed by atoms with Gasteiger partial charge in [0.2, 0.25) is 5.95 Å². The van der Waals surface area contributed by atoms with Gasteiger partial charge in [-0.15, -0.1) is 4.98 Å². The van der Waals surface area contributed by atoms with Crippen molar-refractivity contribution < 1.29 is 9.47 Å². The fourth-order valence-electron chi connectivity index (χ4n) is 1.46. The molecule has 0 aliphatic carbocycles. The van der Waals surface area contributed by atoms with E-state index in [4.69, 9.17) is 9.47 Å². The molecule has 0 aromatic carbocycles. The number of methoxy groups -OCH3 is 1. The van der Waals surface area contributed by atoms with E-state index in [-0.39, 0.29) is 6.01 Å². The average Bonchev–Trinajstić information content (AvgIpc) is 2.41. The van der Waals surface area contributed by atoms with Crippen molar-refractivity contribution in [2.45, 2.75) is 40.0 Å². The van der Waals surface area contributed by atoms with Crippen LogP contribution in [0.5, 0.6) is 12.0 Å². The van der Waals surface area contributed by atoms with Crippen LogP contribution in [0.4, 0.5) is 5.95 Å². The van der Waals surface area contributed by atoms with Crippen LogP contribution in [0.2, 0.25) is 0 Å². The summed E-state index contributed by atoms with van der Waals surface area (Å²) in [7, 11) is 1.53. The van der Waals surface area contributed by atoms with Gasteiger partial charge in [0.05, 0.1) is 13.7 Å². The maximum atomic E-state index is 5.54. The summed E-state index contributed by atoms with van der Waals surface area (Å²) in [5.74, 6) is 1.17. The Morgan fingerprint density at radius 3 is 2.53 bits per heavy atom. The van der Waals surface area contributed by atoms with Crippen molar-refractivity contribution >= 4 is 5.95 Å². The topological polar surface area (TPSA) is 69.2 Å². The molecule has 1 aromatic rings. The minimum absolute atomic E-state index is 0.271. The Morgan fingerprint density at radius 1 is 1.16 bits per heavy atom. The first-order valence-corrected chi connectivity index (χ1v) is 6.82. The van der Waals surface area contributed by atoms with E-state index in [1.165, 1.54) is 7.11 Å². The summed E-state index contributed by atoms with van der Waals surface area (Å²) in [6, 6.07) is 0.585. The Morgan fingerprint density at radius 2 is 1.89 bits per heavy atom. The lowest BCUT2D eigenvalue weighted by Gasteiger charge is -2.09. The highest BCUT2D eigenvalue weighted by Crippen LogP contribution is 2.13. The van der Waals surface area contributed by atoms with E-state index in [1.807, 2.05) is 0 Å². The van der Waals surface area contributed by atoms with Gasteiger partial charge in [0.25, 0.3) is 0 Å². The van der Waals surface area contributed by atoms with Crippen molar-refractivity contribution in [1.82, 2.24) is 15.0 Å². The first-order valence-electron chi connectivity index (χ1n) is 6.82. The molecule has 108 valence electrons. The third-order valence-corrected chi connectivity index (χ3v) is 2.47. The van der Waals surface area contributed by atoms with E-state index < -0.39 is 0 Å². The summed E-state index contributed by atoms with van der Waals surface area (Å²) in [4.78, 5) is 12.4. The Bertz CT molecular complexity index is 372. The van der Waals surface area contributed by atoms with Crippen molar-refractivity contribution in [2.24, 2.45) is 5.92 Å². The van der Waals surface area contributed by atoms with E-state index in [2.05, 4.69) is 41.0 Å². The first kappa shape index (κ1) is 15.5. The van der Waals surface area contributed by atoms with Crippen LogP contribution < -0.4 is 14.8 Å². The summed E-state index contributed by atoms with van der Waals surface area (Å²) < 4.78 is 10.6. The molecule has 1 aromatic heterocycles. The standard InChI is InChI=1S/C13H24N4O2/c1-5-8-14-11-15-12(18-4)17-13(16-11)19-9-6-7-10(2)3/h10H,5-9H2,1-4H3,(H,14,15,16,17). The zero-order valence-corrected chi connectivity index (χ0v) is 12.3. The molecule has 0 saturated carbocycles. The highest BCUT2D eigenvalue weighted by Gasteiger charge is 2.07. The van der Waals surface area contributed by atoms with Gasteiger partial charge in [-0.25, -0.2) is 0 Å². The molecule has 1 rings (SSSR count). The lowest BCUT2D eigenvalue weighted by molar-refractivity contribution is 0.267. The molecule has 0 bridgehead atoms. The van der Waals surface area contributed by atoms with E-state index in [0.717, 1.165) is 25.8 Å². The number of anilines is 1. The second-order valence-electron chi connectivity index (χ2n) is 4.74. The highest BCUT2D eigenvalue weighted by atomic mass is 16.5. The minimum atomic E-state index is 0.271. The molecule has 0 aliphatic heterocycles. The van der Waals surface area contributed by atoms with Crippen molar-refractivity contribution in [3.63, 3.8) is 0 Å². The molecule has 0 amide bonds. The van der Waals surface area contributed by atoms with Gasteiger partial charge >= 0.3 is 12.0 Å². The number of nitrogens with one attached hydrogen (secondary N) is 1. The summed E-state index contributed by atoms with van der Waals surface area (Å²) in [6.45, 7) is 7.88. The van der Waals surface area contributed by atoms with Gasteiger partial charge < -0.3 is 14.8 Å². The van der Waals surface area contributed by atoms with Crippen molar-refractivity contribution in [3.05, 3.63) is 0 Å². The Hall–Kier alpha value is -1.59. The van der Waals surface area contributed by atoms with Gasteiger partial charge in [-0.1, -0.05) is 20.8 Å². The van der Waals surface area contributed by atoms with Gasteiger partial charge in [0.15, 0.2) is 0 Å². The van der Waals surface area contributed by atoms with Crippen molar-refractivity contribution in [3.8, 4) is 12.0 Å². The summed E-state index contributed by atoms with van der Waals surface area (Å²) >= 11 is 0. The smallest absolute Gasteiger partial charge is 0.324 e. The van der Waals surface area contributed by atoms with E-state index in [0.29, 0.717) is 24.5 Å². The van der Waals surface area contributed by atoms with Gasteiger partial charge in [0.1, 0.15) is 0 Å². The molecule has 0 aliphatic rings. The minimum Gasteiger partial charge on any atom is -0.467 e. The van der Waals surface area contributed by atoms with Crippen LogP contribution in [0, 0.1) is 5.92 Å². The van der Waals surface area contributed by atoms with Crippen LogP contribution in [0.1, 0.15) is 40.0 Å². The number of rotatable bonds is 9. The summed E-state index contributed by atoms with van der Waals surface area (Å²) in [5, 5.41) is 3.10. The van der Waals surface area contributed by atoms with Crippen LogP contribution >= 0.6 is 0 Å². The molecule has 0 atom stereocenters. The molecule has 0 radical (unpaired) electrons. The van der Waals surface area contributed by atoms with E-state index >= 15 is 0 Å². The molecule has 1 heterocycles. The molecule has 6 nitrogen and oxygen atoms in total. The number of ether oxygens (including phenoxy) is 2. The zero-order chi connectivity index (χ0) is 14.1. The SMILES string of the molecule is CCCNc1nc(OC)nc(OCCCC(C)C)n1. The van der Waals surface area contributed by atoms with Crippen LogP contribution in [0.3, 0.4) is 0 Å². The molecule has 0 saturated heterocycles. The lowest BCUT2D eigenvalue weighted by Crippen LogP contribution is -2.09. The third-order valence-electron chi connectivity index (χ3n) is 2.47. The first-order chi connectivity index (χ1) is 9.15. The lowest BCUT2D eigenvalue weighted by atomic mass is 10.1. The van der Waals surface area contributed by atoms with Crippen LogP contribution in [-0.4, -0.2) is 35.2 Å². The third kappa shape index (κ3) is 6.22. The molecule has 0 fully saturated rings. The summed E-state index contributed by atoms with van der Waals surface area (Å²) in [6.07, 6.45) is 3.12. The van der Waals surface area contributed by atoms with Gasteiger partial charge in [-0.3, -0.25) is 0 Å². The second kappa shape index (κ2) is 8.50. The summed E-state index contributed by atoms with van der Waals surface area (Å²) in [5.41, 5.74) is 0. The average molecular weight is 268 g/mol. The van der Waals surface area contributed by atoms with Crippen LogP contribution in [-0.2, 0) is 0 Å². The zero-order valence-electron chi connectivity index (χ0n) is 12.3. The van der Waals surface area contributed by atoms with Crippen LogP contribution in [0.15, 0.2) is 0 Å². The maximum absolute atomic E-state index is 5.54. The second-order valence-corrected chi connectivity index (χ2v) is 4.74. The molecule has 0 unspecified atom stereocenters. The normalized spacial score (nSPS) is 10.6. The van der Waals surface area contributed by atoms with Crippen molar-refractivity contribution in [1.29, 1.82) is 0 Å². The number of aromatic nitrogens is 3. The number of hydrogen-bond acceptors (Lipinski definition) is 6. The molecular formula is C13H24N4O2. The predicted molar refractivity (Wildman–Crippen MR) is 74.7 cm³/mol. The number of hydrogen-bond donors (Lipinski definition) is 1. The Kier molecular flexibility index (Phi) is 6.92. The quantitative estimate of drug-likeness (QED) is 0.694. The maximum Gasteiger partial charge on any atom is 0.324 e. The molecule has 0 spiro atoms. The van der Waals surface area contributed by atoms with Crippen molar-refractivity contribution in [2.75, 3.05) is 25.6 Å². The largest absolute Gasteiger partial charge is 0.467 e. The molecule has 6 heteroatoms. The highest BCUT2D eigenvalue weighted by molar-refractivity contribution is 5.27. The number of nitrogens with zero attached hydrogens (tertiary/aromatic N) is 3. The monoisotopic (exact) mass is 268 g/mol. The van der Waals surface area contributed by atoms with Gasteiger partial charge in [-0.05, 0) is 25.2 Å². The molecular weight excluding hydrogens is 244 g/mol. The fraction of sp³-hybridized carbons (Fsp3) is 0.769. The fourth-order valence-corrected chi connectivity index (χ4v) is 1.46. The Balaban J connectivity index is 2.55. The van der Waals surface area contributed by atoms with E-state index in [1.54, 1.807) is 0 Å². The predicted octanol–water partition coefficient (Wildman–Crippen LogP) is 2.52. The molecule has 19 heavy (non-hydrogen) atoms. The van der Waals surface area contributed by atoms with Gasteiger partial charge in [-0.2, -0.15) is 9.97 Å². The van der Waals surface area contributed by atoms with E-state index in [9.17, 15) is 0 Å². The molecule has 1 N–H and O–H groups in total. The van der Waals surface area contributed by atoms with Crippen LogP contribution in [0.25, 0.3) is 0 Å². The van der Waals surface area contributed by atoms with Gasteiger partial charge in [0, 0.05) is 6.54 Å².